The van der Waals surface area contributed by atoms with E-state index in [0.29, 0.717) is 5.92 Å². The van der Waals surface area contributed by atoms with Gasteiger partial charge in [-0.25, -0.2) is 4.98 Å². The van der Waals surface area contributed by atoms with Crippen LogP contribution in [0, 0.1) is 5.92 Å². The van der Waals surface area contributed by atoms with Crippen molar-refractivity contribution in [2.45, 2.75) is 32.6 Å². The second kappa shape index (κ2) is 5.65. The molecule has 0 spiro atoms. The average molecular weight is 238 g/mol. The number of rotatable bonds is 5. The van der Waals surface area contributed by atoms with Crippen LogP contribution < -0.4 is 0 Å². The summed E-state index contributed by atoms with van der Waals surface area (Å²) >= 11 is 0. The summed E-state index contributed by atoms with van der Waals surface area (Å²) in [5.74, 6) is 2.34. The van der Waals surface area contributed by atoms with Crippen molar-refractivity contribution in [3.05, 3.63) is 17.8 Å². The Labute approximate surface area is 103 Å². The number of likely N-dealkylation sites (tertiary alicyclic amines) is 1. The lowest BCUT2D eigenvalue weighted by Gasteiger charge is -2.11. The normalized spacial score (nSPS) is 23.1. The molecule has 0 aliphatic carbocycles. The highest BCUT2D eigenvalue weighted by Gasteiger charge is 2.23. The quantitative estimate of drug-likeness (QED) is 0.847. The Balaban J connectivity index is 1.89. The zero-order chi connectivity index (χ0) is 12.3. The summed E-state index contributed by atoms with van der Waals surface area (Å²) in [4.78, 5) is 6.77. The van der Waals surface area contributed by atoms with E-state index in [0.717, 1.165) is 31.2 Å². The van der Waals surface area contributed by atoms with Crippen LogP contribution in [0.3, 0.4) is 0 Å². The van der Waals surface area contributed by atoms with Crippen LogP contribution in [0.1, 0.15) is 37.8 Å². The van der Waals surface area contributed by atoms with Crippen molar-refractivity contribution in [3.8, 4) is 0 Å². The summed E-state index contributed by atoms with van der Waals surface area (Å²) in [5.41, 5.74) is 0. The highest BCUT2D eigenvalue weighted by atomic mass is 16.4. The van der Waals surface area contributed by atoms with Gasteiger partial charge < -0.3 is 14.4 Å². The van der Waals surface area contributed by atoms with Gasteiger partial charge in [-0.05, 0) is 25.4 Å². The Hall–Kier alpha value is -0.870. The number of aliphatic hydroxyl groups is 1. The second-order valence-electron chi connectivity index (χ2n) is 4.99. The average Bonchev–Trinajstić information content (AvgIpc) is 2.97. The minimum atomic E-state index is 0.0481. The van der Waals surface area contributed by atoms with Crippen LogP contribution in [0.15, 0.2) is 10.6 Å². The molecule has 2 atom stereocenters. The van der Waals surface area contributed by atoms with Crippen LogP contribution in [0.4, 0.5) is 0 Å². The Morgan fingerprint density at radius 3 is 3.12 bits per heavy atom. The smallest absolute Gasteiger partial charge is 0.194 e. The van der Waals surface area contributed by atoms with Gasteiger partial charge in [-0.2, -0.15) is 0 Å². The summed E-state index contributed by atoms with van der Waals surface area (Å²) in [6.45, 7) is 7.75. The molecule has 0 amide bonds. The van der Waals surface area contributed by atoms with Crippen LogP contribution in [-0.2, 0) is 6.42 Å². The summed E-state index contributed by atoms with van der Waals surface area (Å²) in [6, 6.07) is 0. The lowest BCUT2D eigenvalue weighted by atomic mass is 10.1. The standard InChI is InChI=1S/C13H22N2O2/c1-3-15-5-4-11(8-15)6-13-14-7-12(17-13)10(2)9-16/h7,10-11,16H,3-6,8-9H2,1-2H3. The van der Waals surface area contributed by atoms with Crippen LogP contribution >= 0.6 is 0 Å². The third-order valence-corrected chi connectivity index (χ3v) is 3.61. The van der Waals surface area contributed by atoms with Gasteiger partial charge in [-0.3, -0.25) is 0 Å². The summed E-state index contributed by atoms with van der Waals surface area (Å²) < 4.78 is 5.68. The summed E-state index contributed by atoms with van der Waals surface area (Å²) in [6.07, 6.45) is 3.92. The molecule has 1 N–H and O–H groups in total. The number of hydrogen-bond donors (Lipinski definition) is 1. The zero-order valence-corrected chi connectivity index (χ0v) is 10.7. The van der Waals surface area contributed by atoms with E-state index < -0.39 is 0 Å². The molecule has 1 aromatic rings. The molecule has 1 aliphatic heterocycles. The second-order valence-corrected chi connectivity index (χ2v) is 4.99. The van der Waals surface area contributed by atoms with Gasteiger partial charge in [0, 0.05) is 18.9 Å². The molecule has 17 heavy (non-hydrogen) atoms. The van der Waals surface area contributed by atoms with E-state index in [1.54, 1.807) is 6.20 Å². The van der Waals surface area contributed by atoms with Crippen molar-refractivity contribution in [1.29, 1.82) is 0 Å². The number of hydrogen-bond acceptors (Lipinski definition) is 4. The first kappa shape index (κ1) is 12.6. The van der Waals surface area contributed by atoms with E-state index >= 15 is 0 Å². The predicted molar refractivity (Wildman–Crippen MR) is 65.9 cm³/mol. The monoisotopic (exact) mass is 238 g/mol. The van der Waals surface area contributed by atoms with Crippen molar-refractivity contribution in [2.75, 3.05) is 26.2 Å². The third-order valence-electron chi connectivity index (χ3n) is 3.61. The maximum absolute atomic E-state index is 9.05. The van der Waals surface area contributed by atoms with Gasteiger partial charge in [0.05, 0.1) is 12.8 Å². The van der Waals surface area contributed by atoms with E-state index in [-0.39, 0.29) is 12.5 Å². The lowest BCUT2D eigenvalue weighted by molar-refractivity contribution is 0.254. The highest BCUT2D eigenvalue weighted by Crippen LogP contribution is 2.22. The topological polar surface area (TPSA) is 49.5 Å². The van der Waals surface area contributed by atoms with E-state index in [2.05, 4.69) is 16.8 Å². The van der Waals surface area contributed by atoms with E-state index in [1.807, 2.05) is 6.92 Å². The van der Waals surface area contributed by atoms with Crippen molar-refractivity contribution in [1.82, 2.24) is 9.88 Å². The van der Waals surface area contributed by atoms with Gasteiger partial charge >= 0.3 is 0 Å². The zero-order valence-electron chi connectivity index (χ0n) is 10.7. The molecule has 2 heterocycles. The van der Waals surface area contributed by atoms with Gasteiger partial charge in [0.15, 0.2) is 5.89 Å². The van der Waals surface area contributed by atoms with Crippen LogP contribution in [-0.4, -0.2) is 41.2 Å². The molecule has 1 aromatic heterocycles. The Kier molecular flexibility index (Phi) is 4.18. The van der Waals surface area contributed by atoms with Gasteiger partial charge in [0.1, 0.15) is 5.76 Å². The van der Waals surface area contributed by atoms with Crippen LogP contribution in [0.25, 0.3) is 0 Å². The van der Waals surface area contributed by atoms with Crippen molar-refractivity contribution >= 4 is 0 Å². The maximum Gasteiger partial charge on any atom is 0.194 e. The fourth-order valence-electron chi connectivity index (χ4n) is 2.35. The number of aliphatic hydroxyl groups excluding tert-OH is 1. The van der Waals surface area contributed by atoms with Crippen molar-refractivity contribution in [2.24, 2.45) is 5.92 Å². The van der Waals surface area contributed by atoms with Crippen molar-refractivity contribution < 1.29 is 9.52 Å². The highest BCUT2D eigenvalue weighted by molar-refractivity contribution is 5.01. The van der Waals surface area contributed by atoms with Gasteiger partial charge in [0.25, 0.3) is 0 Å². The molecular weight excluding hydrogens is 216 g/mol. The molecule has 0 bridgehead atoms. The molecule has 0 saturated carbocycles. The van der Waals surface area contributed by atoms with Gasteiger partial charge in [0.2, 0.25) is 0 Å². The molecule has 0 aromatic carbocycles. The van der Waals surface area contributed by atoms with Crippen LogP contribution in [0.2, 0.25) is 0 Å². The fraction of sp³-hybridized carbons (Fsp3) is 0.769. The molecule has 1 saturated heterocycles. The first-order chi connectivity index (χ1) is 8.22. The summed E-state index contributed by atoms with van der Waals surface area (Å²) in [5, 5.41) is 9.05. The fourth-order valence-corrected chi connectivity index (χ4v) is 2.35. The number of oxazole rings is 1. The Morgan fingerprint density at radius 1 is 1.65 bits per heavy atom. The SMILES string of the molecule is CCN1CCC(Cc2ncc(C(C)CO)o2)C1. The molecule has 2 unspecified atom stereocenters. The molecule has 4 heteroatoms. The number of nitrogens with zero attached hydrogens (tertiary/aromatic N) is 2. The molecule has 1 aliphatic rings. The number of aromatic nitrogens is 1. The summed E-state index contributed by atoms with van der Waals surface area (Å²) in [7, 11) is 0. The predicted octanol–water partition coefficient (Wildman–Crippen LogP) is 1.65. The molecule has 1 fully saturated rings. The lowest BCUT2D eigenvalue weighted by Crippen LogP contribution is -2.20. The van der Waals surface area contributed by atoms with E-state index in [1.165, 1.54) is 13.0 Å². The molecule has 96 valence electrons. The first-order valence-corrected chi connectivity index (χ1v) is 6.50. The Morgan fingerprint density at radius 2 is 2.47 bits per heavy atom. The van der Waals surface area contributed by atoms with E-state index in [9.17, 15) is 0 Å². The maximum atomic E-state index is 9.05. The molecule has 2 rings (SSSR count). The Bertz CT molecular complexity index is 351. The van der Waals surface area contributed by atoms with Gasteiger partial charge in [-0.1, -0.05) is 13.8 Å². The third kappa shape index (κ3) is 3.07. The molecule has 4 nitrogen and oxygen atoms in total. The minimum absolute atomic E-state index is 0.0481. The molecule has 0 radical (unpaired) electrons. The van der Waals surface area contributed by atoms with Gasteiger partial charge in [-0.15, -0.1) is 0 Å². The first-order valence-electron chi connectivity index (χ1n) is 6.50. The minimum Gasteiger partial charge on any atom is -0.445 e. The van der Waals surface area contributed by atoms with Crippen LogP contribution in [0.5, 0.6) is 0 Å². The largest absolute Gasteiger partial charge is 0.445 e. The van der Waals surface area contributed by atoms with Crippen molar-refractivity contribution in [3.63, 3.8) is 0 Å². The van der Waals surface area contributed by atoms with E-state index in [4.69, 9.17) is 9.52 Å². The molecular formula is C13H22N2O2.